The molecule has 4 heteroatoms. The van der Waals surface area contributed by atoms with Crippen LogP contribution < -0.4 is 0 Å². The lowest BCUT2D eigenvalue weighted by atomic mass is 9.98. The molecule has 0 aliphatic heterocycles. The molecular weight excluding hydrogens is 436 g/mol. The fraction of sp³-hybridized carbons (Fsp3) is 0.871. The van der Waals surface area contributed by atoms with E-state index in [4.69, 9.17) is 4.74 Å². The van der Waals surface area contributed by atoms with Crippen molar-refractivity contribution in [2.45, 2.75) is 162 Å². The first-order valence-corrected chi connectivity index (χ1v) is 15.1. The van der Waals surface area contributed by atoms with Gasteiger partial charge in [-0.15, -0.1) is 0 Å². The van der Waals surface area contributed by atoms with E-state index < -0.39 is 17.9 Å². The highest BCUT2D eigenvalue weighted by Crippen LogP contribution is 2.16. The first kappa shape index (κ1) is 33.7. The van der Waals surface area contributed by atoms with Crippen molar-refractivity contribution in [3.8, 4) is 0 Å². The van der Waals surface area contributed by atoms with E-state index in [-0.39, 0.29) is 6.42 Å². The van der Waals surface area contributed by atoms with E-state index in [1.54, 1.807) is 0 Å². The summed E-state index contributed by atoms with van der Waals surface area (Å²) in [5.41, 5.74) is 0. The molecule has 0 radical (unpaired) electrons. The highest BCUT2D eigenvalue weighted by molar-refractivity contribution is 5.78. The monoisotopic (exact) mass is 494 g/mol. The van der Waals surface area contributed by atoms with Gasteiger partial charge in [-0.05, 0) is 38.5 Å². The van der Waals surface area contributed by atoms with Gasteiger partial charge in [0.2, 0.25) is 0 Å². The van der Waals surface area contributed by atoms with Crippen LogP contribution in [0.4, 0.5) is 0 Å². The molecule has 0 aromatic rings. The van der Waals surface area contributed by atoms with Crippen LogP contribution in [-0.4, -0.2) is 23.7 Å². The smallest absolute Gasteiger partial charge is 0.307 e. The lowest BCUT2D eigenvalue weighted by Crippen LogP contribution is -2.19. The number of carboxylic acids is 1. The van der Waals surface area contributed by atoms with Crippen molar-refractivity contribution >= 4 is 11.9 Å². The molecule has 35 heavy (non-hydrogen) atoms. The van der Waals surface area contributed by atoms with E-state index in [2.05, 4.69) is 19.1 Å². The Labute approximate surface area is 217 Å². The van der Waals surface area contributed by atoms with Crippen molar-refractivity contribution in [2.75, 3.05) is 6.61 Å². The van der Waals surface area contributed by atoms with E-state index in [1.165, 1.54) is 103 Å². The summed E-state index contributed by atoms with van der Waals surface area (Å²) in [6, 6.07) is 0. The molecule has 0 amide bonds. The van der Waals surface area contributed by atoms with Crippen LogP contribution in [0.5, 0.6) is 0 Å². The van der Waals surface area contributed by atoms with Gasteiger partial charge in [-0.25, -0.2) is 0 Å². The Balaban J connectivity index is 3.40. The molecule has 0 fully saturated rings. The number of aliphatic carboxylic acids is 1. The number of hydrogen-bond donors (Lipinski definition) is 1. The van der Waals surface area contributed by atoms with E-state index in [0.29, 0.717) is 13.0 Å². The van der Waals surface area contributed by atoms with Crippen LogP contribution >= 0.6 is 0 Å². The fourth-order valence-corrected chi connectivity index (χ4v) is 4.49. The van der Waals surface area contributed by atoms with Crippen molar-refractivity contribution in [1.82, 2.24) is 0 Å². The third-order valence-corrected chi connectivity index (χ3v) is 6.79. The molecule has 4 nitrogen and oxygen atoms in total. The lowest BCUT2D eigenvalue weighted by molar-refractivity contribution is -0.151. The molecule has 0 aromatic heterocycles. The Morgan fingerprint density at radius 1 is 0.629 bits per heavy atom. The Bertz CT molecular complexity index is 500. The molecule has 0 aromatic carbocycles. The number of unbranched alkanes of at least 4 members (excludes halogenated alkanes) is 18. The molecule has 0 saturated heterocycles. The topological polar surface area (TPSA) is 63.6 Å². The van der Waals surface area contributed by atoms with Gasteiger partial charge in [-0.2, -0.15) is 0 Å². The van der Waals surface area contributed by atoms with Gasteiger partial charge in [0.25, 0.3) is 0 Å². The third kappa shape index (κ3) is 25.6. The molecule has 1 N–H and O–H groups in total. The normalized spacial score (nSPS) is 12.3. The van der Waals surface area contributed by atoms with Crippen LogP contribution in [0.2, 0.25) is 0 Å². The Morgan fingerprint density at radius 2 is 1.06 bits per heavy atom. The molecule has 0 heterocycles. The van der Waals surface area contributed by atoms with Crippen LogP contribution in [0.1, 0.15) is 162 Å². The molecule has 1 atom stereocenters. The number of rotatable bonds is 27. The van der Waals surface area contributed by atoms with Gasteiger partial charge in [0.05, 0.1) is 18.9 Å². The maximum Gasteiger partial charge on any atom is 0.307 e. The zero-order valence-electron chi connectivity index (χ0n) is 23.4. The highest BCUT2D eigenvalue weighted by atomic mass is 16.5. The van der Waals surface area contributed by atoms with Gasteiger partial charge < -0.3 is 9.84 Å². The van der Waals surface area contributed by atoms with Crippen LogP contribution in [0.15, 0.2) is 12.2 Å². The number of allylic oxidation sites excluding steroid dienone is 2. The van der Waals surface area contributed by atoms with Crippen molar-refractivity contribution in [3.05, 3.63) is 12.2 Å². The van der Waals surface area contributed by atoms with Crippen molar-refractivity contribution < 1.29 is 19.4 Å². The average molecular weight is 495 g/mol. The second-order valence-corrected chi connectivity index (χ2v) is 10.3. The fourth-order valence-electron chi connectivity index (χ4n) is 4.49. The number of carbonyl (C=O) groups excluding carboxylic acids is 1. The standard InChI is InChI=1S/C31H58O4/c1-3-5-6-7-8-9-10-11-12-13-14-15-16-17-18-19-20-21-22-23-24-25-26-29(31(33)34)28-30(32)35-27-4-2/h21-22,29H,3-20,23-28H2,1-2H3,(H,33,34)/b22-21+. The summed E-state index contributed by atoms with van der Waals surface area (Å²) in [6.07, 6.45) is 32.2. The van der Waals surface area contributed by atoms with Gasteiger partial charge in [-0.1, -0.05) is 129 Å². The molecule has 0 aliphatic carbocycles. The van der Waals surface area contributed by atoms with Gasteiger partial charge in [0, 0.05) is 0 Å². The second-order valence-electron chi connectivity index (χ2n) is 10.3. The van der Waals surface area contributed by atoms with Gasteiger partial charge >= 0.3 is 11.9 Å². The summed E-state index contributed by atoms with van der Waals surface area (Å²) in [4.78, 5) is 23.0. The number of hydrogen-bond acceptors (Lipinski definition) is 3. The summed E-state index contributed by atoms with van der Waals surface area (Å²) in [7, 11) is 0. The number of esters is 1. The number of ether oxygens (including phenoxy) is 1. The van der Waals surface area contributed by atoms with Crippen LogP contribution in [0.3, 0.4) is 0 Å². The molecule has 0 spiro atoms. The Kier molecular flexibility index (Phi) is 26.2. The molecular formula is C31H58O4. The summed E-state index contributed by atoms with van der Waals surface area (Å²) >= 11 is 0. The zero-order valence-corrected chi connectivity index (χ0v) is 23.4. The van der Waals surface area contributed by atoms with E-state index in [1.807, 2.05) is 6.92 Å². The van der Waals surface area contributed by atoms with E-state index in [0.717, 1.165) is 32.1 Å². The van der Waals surface area contributed by atoms with Crippen molar-refractivity contribution in [1.29, 1.82) is 0 Å². The maximum atomic E-state index is 11.6. The second kappa shape index (κ2) is 27.3. The molecule has 0 bridgehead atoms. The Morgan fingerprint density at radius 3 is 1.49 bits per heavy atom. The number of carbonyl (C=O) groups is 2. The molecule has 0 aliphatic rings. The van der Waals surface area contributed by atoms with Crippen LogP contribution in [0.25, 0.3) is 0 Å². The molecule has 0 rings (SSSR count). The molecule has 206 valence electrons. The zero-order chi connectivity index (χ0) is 25.8. The largest absolute Gasteiger partial charge is 0.481 e. The minimum Gasteiger partial charge on any atom is -0.481 e. The molecule has 0 saturated carbocycles. The van der Waals surface area contributed by atoms with Crippen LogP contribution in [0, 0.1) is 5.92 Å². The van der Waals surface area contributed by atoms with E-state index in [9.17, 15) is 14.7 Å². The Hall–Kier alpha value is -1.32. The van der Waals surface area contributed by atoms with Gasteiger partial charge in [0.1, 0.15) is 0 Å². The quantitative estimate of drug-likeness (QED) is 0.0701. The SMILES string of the molecule is CCCCCCCCCCCCCCCCCC/C=C/CCCCC(CC(=O)OCCC)C(=O)O. The average Bonchev–Trinajstić information content (AvgIpc) is 2.84. The van der Waals surface area contributed by atoms with Gasteiger partial charge in [0.15, 0.2) is 0 Å². The molecule has 1 unspecified atom stereocenters. The summed E-state index contributed by atoms with van der Waals surface area (Å²) < 4.78 is 5.01. The summed E-state index contributed by atoms with van der Waals surface area (Å²) in [5.74, 6) is -1.90. The van der Waals surface area contributed by atoms with Gasteiger partial charge in [-0.3, -0.25) is 9.59 Å². The minimum atomic E-state index is -0.891. The van der Waals surface area contributed by atoms with Crippen molar-refractivity contribution in [3.63, 3.8) is 0 Å². The first-order valence-electron chi connectivity index (χ1n) is 15.1. The maximum absolute atomic E-state index is 11.6. The number of carboxylic acid groups (broad SMARTS) is 1. The summed E-state index contributed by atoms with van der Waals surface area (Å²) in [6.45, 7) is 4.58. The van der Waals surface area contributed by atoms with Crippen molar-refractivity contribution in [2.24, 2.45) is 5.92 Å². The summed E-state index contributed by atoms with van der Waals surface area (Å²) in [5, 5.41) is 9.30. The highest BCUT2D eigenvalue weighted by Gasteiger charge is 2.21. The predicted molar refractivity (Wildman–Crippen MR) is 149 cm³/mol. The lowest BCUT2D eigenvalue weighted by Gasteiger charge is -2.11. The van der Waals surface area contributed by atoms with E-state index >= 15 is 0 Å². The third-order valence-electron chi connectivity index (χ3n) is 6.79. The first-order chi connectivity index (χ1) is 17.1. The predicted octanol–water partition coefficient (Wildman–Crippen LogP) is 9.80. The minimum absolute atomic E-state index is 0.00950. The van der Waals surface area contributed by atoms with Crippen LogP contribution in [-0.2, 0) is 14.3 Å².